The molecule has 1 aliphatic heterocycles. The second-order valence-electron chi connectivity index (χ2n) is 3.67. The van der Waals surface area contributed by atoms with Gasteiger partial charge in [0.15, 0.2) is 0 Å². The molecule has 0 N–H and O–H groups in total. The van der Waals surface area contributed by atoms with Gasteiger partial charge in [-0.15, -0.1) is 11.6 Å². The highest BCUT2D eigenvalue weighted by molar-refractivity contribution is 6.30. The van der Waals surface area contributed by atoms with Crippen molar-refractivity contribution in [3.8, 4) is 0 Å². The monoisotopic (exact) mass is 219 g/mol. The molecule has 0 aromatic heterocycles. The van der Waals surface area contributed by atoms with E-state index in [-0.39, 0.29) is 11.3 Å². The molecule has 1 amide bonds. The lowest BCUT2D eigenvalue weighted by molar-refractivity contribution is -0.133. The average molecular weight is 220 g/mol. The zero-order chi connectivity index (χ0) is 10.6. The average Bonchev–Trinajstić information content (AvgIpc) is 2.27. The van der Waals surface area contributed by atoms with E-state index in [1.54, 1.807) is 4.90 Å². The molecule has 3 nitrogen and oxygen atoms in total. The van der Waals surface area contributed by atoms with Crippen LogP contribution in [0.25, 0.3) is 0 Å². The van der Waals surface area contributed by atoms with Crippen molar-refractivity contribution in [2.45, 2.75) is 37.6 Å². The van der Waals surface area contributed by atoms with Crippen LogP contribution in [0.4, 0.5) is 0 Å². The number of carbonyl (C=O) groups is 1. The molecule has 1 saturated heterocycles. The smallest absolute Gasteiger partial charge is 0.240 e. The fraction of sp³-hybridized carbons (Fsp3) is 0.900. The van der Waals surface area contributed by atoms with Crippen molar-refractivity contribution >= 4 is 17.5 Å². The minimum Gasteiger partial charge on any atom is -0.381 e. The molecule has 4 heteroatoms. The fourth-order valence-electron chi connectivity index (χ4n) is 1.65. The fourth-order valence-corrected chi connectivity index (χ4v) is 1.80. The number of halogens is 1. The van der Waals surface area contributed by atoms with E-state index in [0.29, 0.717) is 12.5 Å². The van der Waals surface area contributed by atoms with Gasteiger partial charge in [-0.3, -0.25) is 4.79 Å². The molecule has 1 heterocycles. The van der Waals surface area contributed by atoms with Crippen molar-refractivity contribution in [2.24, 2.45) is 0 Å². The standard InChI is InChI=1S/C10H18ClNO2/c1-3-9(11)10(13)12(2)8-4-6-14-7-5-8/h8-9H,3-7H2,1-2H3. The topological polar surface area (TPSA) is 29.5 Å². The van der Waals surface area contributed by atoms with Gasteiger partial charge in [0.1, 0.15) is 5.38 Å². The Kier molecular flexibility index (Phi) is 4.69. The van der Waals surface area contributed by atoms with Crippen molar-refractivity contribution in [2.75, 3.05) is 20.3 Å². The minimum atomic E-state index is -0.372. The van der Waals surface area contributed by atoms with Crippen LogP contribution in [0.15, 0.2) is 0 Å². The van der Waals surface area contributed by atoms with E-state index in [2.05, 4.69) is 0 Å². The molecule has 82 valence electrons. The first-order valence-electron chi connectivity index (χ1n) is 5.15. The molecule has 0 aromatic rings. The highest BCUT2D eigenvalue weighted by atomic mass is 35.5. The lowest BCUT2D eigenvalue weighted by Gasteiger charge is -2.32. The Morgan fingerprint density at radius 1 is 1.57 bits per heavy atom. The number of rotatable bonds is 3. The molecule has 0 aliphatic carbocycles. The number of carbonyl (C=O) groups excluding carboxylic acids is 1. The van der Waals surface area contributed by atoms with E-state index in [0.717, 1.165) is 26.1 Å². The van der Waals surface area contributed by atoms with Crippen molar-refractivity contribution in [1.82, 2.24) is 4.90 Å². The number of ether oxygens (including phenoxy) is 1. The lowest BCUT2D eigenvalue weighted by Crippen LogP contribution is -2.43. The van der Waals surface area contributed by atoms with Crippen LogP contribution in [0.5, 0.6) is 0 Å². The SMILES string of the molecule is CCC(Cl)C(=O)N(C)C1CCOCC1. The first-order chi connectivity index (χ1) is 6.66. The van der Waals surface area contributed by atoms with E-state index in [4.69, 9.17) is 16.3 Å². The molecule has 1 fully saturated rings. The summed E-state index contributed by atoms with van der Waals surface area (Å²) in [4.78, 5) is 13.5. The number of hydrogen-bond donors (Lipinski definition) is 0. The summed E-state index contributed by atoms with van der Waals surface area (Å²) < 4.78 is 5.25. The predicted molar refractivity (Wildman–Crippen MR) is 56.5 cm³/mol. The lowest BCUT2D eigenvalue weighted by atomic mass is 10.1. The van der Waals surface area contributed by atoms with Crippen LogP contribution in [-0.4, -0.2) is 42.5 Å². The number of alkyl halides is 1. The van der Waals surface area contributed by atoms with Gasteiger partial charge in [-0.2, -0.15) is 0 Å². The van der Waals surface area contributed by atoms with Crippen LogP contribution < -0.4 is 0 Å². The van der Waals surface area contributed by atoms with Gasteiger partial charge in [-0.05, 0) is 19.3 Å². The highest BCUT2D eigenvalue weighted by Gasteiger charge is 2.25. The van der Waals surface area contributed by atoms with Gasteiger partial charge in [0, 0.05) is 26.3 Å². The molecule has 1 atom stereocenters. The van der Waals surface area contributed by atoms with E-state index < -0.39 is 0 Å². The van der Waals surface area contributed by atoms with Crippen LogP contribution >= 0.6 is 11.6 Å². The molecule has 1 unspecified atom stereocenters. The van der Waals surface area contributed by atoms with E-state index in [1.807, 2.05) is 14.0 Å². The highest BCUT2D eigenvalue weighted by Crippen LogP contribution is 2.16. The summed E-state index contributed by atoms with van der Waals surface area (Å²) >= 11 is 5.91. The Balaban J connectivity index is 2.45. The Bertz CT molecular complexity index is 193. The van der Waals surface area contributed by atoms with E-state index in [9.17, 15) is 4.79 Å². The molecule has 0 spiro atoms. The largest absolute Gasteiger partial charge is 0.381 e. The minimum absolute atomic E-state index is 0.0427. The third-order valence-electron chi connectivity index (χ3n) is 2.71. The van der Waals surface area contributed by atoms with Crippen molar-refractivity contribution < 1.29 is 9.53 Å². The molecule has 0 radical (unpaired) electrons. The molecular formula is C10H18ClNO2. The quantitative estimate of drug-likeness (QED) is 0.676. The molecular weight excluding hydrogens is 202 g/mol. The molecule has 1 aliphatic rings. The van der Waals surface area contributed by atoms with E-state index in [1.165, 1.54) is 0 Å². The number of nitrogens with zero attached hydrogens (tertiary/aromatic N) is 1. The summed E-state index contributed by atoms with van der Waals surface area (Å²) in [7, 11) is 1.84. The van der Waals surface area contributed by atoms with E-state index >= 15 is 0 Å². The van der Waals surface area contributed by atoms with Crippen LogP contribution in [0, 0.1) is 0 Å². The van der Waals surface area contributed by atoms with Crippen LogP contribution in [0.3, 0.4) is 0 Å². The van der Waals surface area contributed by atoms with Gasteiger partial charge in [-0.25, -0.2) is 0 Å². The maximum Gasteiger partial charge on any atom is 0.240 e. The summed E-state index contributed by atoms with van der Waals surface area (Å²) in [5, 5.41) is -0.372. The molecule has 1 rings (SSSR count). The summed E-state index contributed by atoms with van der Waals surface area (Å²) in [5.74, 6) is 0.0427. The zero-order valence-electron chi connectivity index (χ0n) is 8.83. The maximum absolute atomic E-state index is 11.7. The van der Waals surface area contributed by atoms with Gasteiger partial charge < -0.3 is 9.64 Å². The zero-order valence-corrected chi connectivity index (χ0v) is 9.59. The first-order valence-corrected chi connectivity index (χ1v) is 5.59. The Labute approximate surface area is 90.4 Å². The second-order valence-corrected chi connectivity index (χ2v) is 4.20. The molecule has 14 heavy (non-hydrogen) atoms. The van der Waals surface area contributed by atoms with Crippen molar-refractivity contribution in [3.05, 3.63) is 0 Å². The normalized spacial score (nSPS) is 20.5. The summed E-state index contributed by atoms with van der Waals surface area (Å²) in [6.07, 6.45) is 2.54. The molecule has 0 bridgehead atoms. The van der Waals surface area contributed by atoms with Gasteiger partial charge >= 0.3 is 0 Å². The van der Waals surface area contributed by atoms with Crippen LogP contribution in [0.1, 0.15) is 26.2 Å². The summed E-state index contributed by atoms with van der Waals surface area (Å²) in [6, 6.07) is 0.309. The number of amides is 1. The van der Waals surface area contributed by atoms with Crippen LogP contribution in [-0.2, 0) is 9.53 Å². The number of hydrogen-bond acceptors (Lipinski definition) is 2. The van der Waals surface area contributed by atoms with Gasteiger partial charge in [0.2, 0.25) is 5.91 Å². The second kappa shape index (κ2) is 5.56. The Hall–Kier alpha value is -0.280. The molecule has 0 saturated carbocycles. The third-order valence-corrected chi connectivity index (χ3v) is 3.21. The third kappa shape index (κ3) is 2.85. The maximum atomic E-state index is 11.7. The summed E-state index contributed by atoms with van der Waals surface area (Å²) in [5.41, 5.74) is 0. The van der Waals surface area contributed by atoms with Gasteiger partial charge in [0.05, 0.1) is 0 Å². The predicted octanol–water partition coefficient (Wildman–Crippen LogP) is 1.64. The van der Waals surface area contributed by atoms with Crippen molar-refractivity contribution in [1.29, 1.82) is 0 Å². The van der Waals surface area contributed by atoms with Crippen molar-refractivity contribution in [3.63, 3.8) is 0 Å². The van der Waals surface area contributed by atoms with Crippen LogP contribution in [0.2, 0.25) is 0 Å². The Morgan fingerprint density at radius 3 is 2.64 bits per heavy atom. The van der Waals surface area contributed by atoms with Gasteiger partial charge in [-0.1, -0.05) is 6.92 Å². The Morgan fingerprint density at radius 2 is 2.14 bits per heavy atom. The summed E-state index contributed by atoms with van der Waals surface area (Å²) in [6.45, 7) is 3.43. The first kappa shape index (κ1) is 11.8. The molecule has 0 aromatic carbocycles. The van der Waals surface area contributed by atoms with Gasteiger partial charge in [0.25, 0.3) is 0 Å².